The highest BCUT2D eigenvalue weighted by Crippen LogP contribution is 2.24. The zero-order valence-electron chi connectivity index (χ0n) is 19.5. The van der Waals surface area contributed by atoms with Gasteiger partial charge in [0.2, 0.25) is 5.95 Å². The van der Waals surface area contributed by atoms with Crippen LogP contribution in [0.3, 0.4) is 0 Å². The van der Waals surface area contributed by atoms with Crippen molar-refractivity contribution in [2.24, 2.45) is 12.8 Å². The lowest BCUT2D eigenvalue weighted by atomic mass is 10.1. The van der Waals surface area contributed by atoms with Gasteiger partial charge in [-0.05, 0) is 44.4 Å². The van der Waals surface area contributed by atoms with Crippen molar-refractivity contribution < 1.29 is 4.74 Å². The second-order valence-electron chi connectivity index (χ2n) is 8.41. The minimum atomic E-state index is -0.473. The Kier molecular flexibility index (Phi) is 6.29. The van der Waals surface area contributed by atoms with Gasteiger partial charge in [0.05, 0.1) is 19.7 Å². The van der Waals surface area contributed by atoms with Crippen LogP contribution in [-0.2, 0) is 13.6 Å². The average Bonchev–Trinajstić information content (AvgIpc) is 3.21. The molecule has 174 valence electrons. The Balaban J connectivity index is 1.93. The highest BCUT2D eigenvalue weighted by Gasteiger charge is 2.27. The number of imidazole rings is 1. The number of aromatic nitrogens is 4. The Bertz CT molecular complexity index is 1340. The van der Waals surface area contributed by atoms with E-state index in [4.69, 9.17) is 15.5 Å². The summed E-state index contributed by atoms with van der Waals surface area (Å²) in [5.41, 5.74) is 6.97. The van der Waals surface area contributed by atoms with Crippen LogP contribution in [-0.4, -0.2) is 44.9 Å². The van der Waals surface area contributed by atoms with E-state index in [1.165, 1.54) is 9.13 Å². The summed E-state index contributed by atoms with van der Waals surface area (Å²) in [4.78, 5) is 33.9. The first-order valence-corrected chi connectivity index (χ1v) is 11.1. The second-order valence-corrected chi connectivity index (χ2v) is 8.41. The van der Waals surface area contributed by atoms with Gasteiger partial charge in [0.1, 0.15) is 5.75 Å². The summed E-state index contributed by atoms with van der Waals surface area (Å²) in [5.74, 6) is 7.29. The maximum Gasteiger partial charge on any atom is 0.333 e. The standard InChI is InChI=1S/C24H30N6O3/c1-5-6-14-29-20-21(26-23(29)28-13-7-8-18(25)15-28)27(3)24(32)30(22(20)31)16(2)17-9-11-19(33-4)12-10-17/h9-12,16,18H,7-8,13-15,25H2,1-4H3/t16?,18-/m1/s1. The van der Waals surface area contributed by atoms with Crippen LogP contribution in [0, 0.1) is 11.8 Å². The predicted octanol–water partition coefficient (Wildman–Crippen LogP) is 1.47. The summed E-state index contributed by atoms with van der Waals surface area (Å²) in [7, 11) is 3.25. The molecule has 33 heavy (non-hydrogen) atoms. The fourth-order valence-electron chi connectivity index (χ4n) is 4.44. The van der Waals surface area contributed by atoms with Crippen molar-refractivity contribution in [3.8, 4) is 17.6 Å². The van der Waals surface area contributed by atoms with Crippen molar-refractivity contribution in [3.05, 3.63) is 50.7 Å². The number of ether oxygens (including phenoxy) is 1. The first kappa shape index (κ1) is 22.7. The zero-order valence-corrected chi connectivity index (χ0v) is 19.5. The van der Waals surface area contributed by atoms with Crippen LogP contribution in [0.15, 0.2) is 33.9 Å². The molecular formula is C24H30N6O3. The Labute approximate surface area is 192 Å². The minimum absolute atomic E-state index is 0.0415. The van der Waals surface area contributed by atoms with Gasteiger partial charge in [-0.1, -0.05) is 18.1 Å². The van der Waals surface area contributed by atoms with Crippen LogP contribution in [0.1, 0.15) is 38.3 Å². The van der Waals surface area contributed by atoms with Crippen LogP contribution in [0.5, 0.6) is 5.75 Å². The topological polar surface area (TPSA) is 100 Å². The van der Waals surface area contributed by atoms with E-state index in [2.05, 4.69) is 16.7 Å². The number of piperidine rings is 1. The quantitative estimate of drug-likeness (QED) is 0.591. The summed E-state index contributed by atoms with van der Waals surface area (Å²) in [6, 6.07) is 6.93. The second kappa shape index (κ2) is 9.16. The van der Waals surface area contributed by atoms with Gasteiger partial charge in [-0.2, -0.15) is 4.98 Å². The number of nitrogens with zero attached hydrogens (tertiary/aromatic N) is 5. The molecule has 9 heteroatoms. The van der Waals surface area contributed by atoms with Crippen molar-refractivity contribution in [2.75, 3.05) is 25.1 Å². The highest BCUT2D eigenvalue weighted by atomic mass is 16.5. The third-order valence-corrected chi connectivity index (χ3v) is 6.30. The highest BCUT2D eigenvalue weighted by molar-refractivity contribution is 5.75. The van der Waals surface area contributed by atoms with Gasteiger partial charge in [-0.25, -0.2) is 4.79 Å². The molecule has 0 radical (unpaired) electrons. The van der Waals surface area contributed by atoms with E-state index < -0.39 is 11.7 Å². The number of aryl methyl sites for hydroxylation is 1. The van der Waals surface area contributed by atoms with E-state index in [0.717, 1.165) is 24.9 Å². The fraction of sp³-hybridized carbons (Fsp3) is 0.458. The molecule has 0 bridgehead atoms. The molecule has 2 atom stereocenters. The molecule has 1 aromatic carbocycles. The molecule has 1 unspecified atom stereocenters. The number of anilines is 1. The molecule has 1 aliphatic rings. The van der Waals surface area contributed by atoms with E-state index in [1.807, 2.05) is 35.8 Å². The smallest absolute Gasteiger partial charge is 0.333 e. The molecule has 1 aliphatic heterocycles. The predicted molar refractivity (Wildman–Crippen MR) is 129 cm³/mol. The molecule has 0 amide bonds. The molecule has 0 saturated carbocycles. The first-order valence-electron chi connectivity index (χ1n) is 11.1. The summed E-state index contributed by atoms with van der Waals surface area (Å²) >= 11 is 0. The Hall–Kier alpha value is -3.51. The first-order chi connectivity index (χ1) is 15.9. The van der Waals surface area contributed by atoms with Gasteiger partial charge in [0, 0.05) is 26.2 Å². The molecule has 1 fully saturated rings. The van der Waals surface area contributed by atoms with Crippen LogP contribution in [0.25, 0.3) is 11.2 Å². The maximum absolute atomic E-state index is 13.8. The summed E-state index contributed by atoms with van der Waals surface area (Å²) in [6.07, 6.45) is 1.90. The molecule has 1 saturated heterocycles. The van der Waals surface area contributed by atoms with E-state index in [9.17, 15) is 9.59 Å². The Morgan fingerprint density at radius 1 is 1.27 bits per heavy atom. The van der Waals surface area contributed by atoms with Gasteiger partial charge in [-0.15, -0.1) is 5.92 Å². The van der Waals surface area contributed by atoms with E-state index in [-0.39, 0.29) is 11.6 Å². The molecule has 3 aromatic rings. The van der Waals surface area contributed by atoms with Crippen LogP contribution >= 0.6 is 0 Å². The van der Waals surface area contributed by atoms with Crippen LogP contribution in [0.2, 0.25) is 0 Å². The number of methoxy groups -OCH3 is 1. The summed E-state index contributed by atoms with van der Waals surface area (Å²) in [6.45, 7) is 5.34. The normalized spacial score (nSPS) is 17.0. The van der Waals surface area contributed by atoms with Gasteiger partial charge in [0.15, 0.2) is 11.2 Å². The molecular weight excluding hydrogens is 420 g/mol. The molecule has 0 spiro atoms. The van der Waals surface area contributed by atoms with E-state index >= 15 is 0 Å². The van der Waals surface area contributed by atoms with Gasteiger partial charge in [0.25, 0.3) is 5.56 Å². The van der Waals surface area contributed by atoms with Crippen molar-refractivity contribution in [1.29, 1.82) is 0 Å². The molecule has 2 N–H and O–H groups in total. The number of fused-ring (bicyclic) bond motifs is 1. The molecule has 4 rings (SSSR count). The minimum Gasteiger partial charge on any atom is -0.497 e. The number of nitrogens with two attached hydrogens (primary N) is 1. The Morgan fingerprint density at radius 2 is 2.00 bits per heavy atom. The number of rotatable bonds is 5. The largest absolute Gasteiger partial charge is 0.497 e. The monoisotopic (exact) mass is 450 g/mol. The lowest BCUT2D eigenvalue weighted by molar-refractivity contribution is 0.414. The van der Waals surface area contributed by atoms with Crippen molar-refractivity contribution in [2.45, 2.75) is 45.3 Å². The average molecular weight is 451 g/mol. The fourth-order valence-corrected chi connectivity index (χ4v) is 4.44. The summed E-state index contributed by atoms with van der Waals surface area (Å²) < 4.78 is 9.78. The number of benzene rings is 1. The van der Waals surface area contributed by atoms with E-state index in [1.54, 1.807) is 21.1 Å². The van der Waals surface area contributed by atoms with Gasteiger partial charge >= 0.3 is 5.69 Å². The third-order valence-electron chi connectivity index (χ3n) is 6.30. The van der Waals surface area contributed by atoms with Crippen molar-refractivity contribution in [1.82, 2.24) is 18.7 Å². The number of hydrogen-bond acceptors (Lipinski definition) is 6. The molecule has 9 nitrogen and oxygen atoms in total. The molecule has 0 aliphatic carbocycles. The zero-order chi connectivity index (χ0) is 23.7. The van der Waals surface area contributed by atoms with Crippen molar-refractivity contribution in [3.63, 3.8) is 0 Å². The third kappa shape index (κ3) is 4.02. The maximum atomic E-state index is 13.8. The van der Waals surface area contributed by atoms with E-state index in [0.29, 0.717) is 36.0 Å². The molecule has 2 aromatic heterocycles. The molecule has 3 heterocycles. The lowest BCUT2D eigenvalue weighted by Gasteiger charge is -2.31. The Morgan fingerprint density at radius 3 is 2.64 bits per heavy atom. The van der Waals surface area contributed by atoms with Gasteiger partial charge < -0.3 is 15.4 Å². The van der Waals surface area contributed by atoms with Crippen LogP contribution in [0.4, 0.5) is 5.95 Å². The number of hydrogen-bond donors (Lipinski definition) is 1. The SMILES string of the molecule is CC#CCn1c(N2CCC[C@@H](N)C2)nc2c1c(=O)n(C(C)c1ccc(OC)cc1)c(=O)n2C. The summed E-state index contributed by atoms with van der Waals surface area (Å²) in [5, 5.41) is 0. The van der Waals surface area contributed by atoms with Gasteiger partial charge in [-0.3, -0.25) is 18.5 Å². The van der Waals surface area contributed by atoms with Crippen molar-refractivity contribution >= 4 is 17.1 Å². The lowest BCUT2D eigenvalue weighted by Crippen LogP contribution is -2.44. The van der Waals surface area contributed by atoms with Crippen LogP contribution < -0.4 is 26.6 Å².